The second-order valence-corrected chi connectivity index (χ2v) is 5.65. The molecule has 1 aromatic heterocycles. The molecule has 16 heavy (non-hydrogen) atoms. The number of aromatic nitrogens is 1. The molecule has 2 rings (SSSR count). The Kier molecular flexibility index (Phi) is 3.42. The second kappa shape index (κ2) is 4.50. The van der Waals surface area contributed by atoms with Crippen LogP contribution in [0.5, 0.6) is 5.75 Å². The van der Waals surface area contributed by atoms with Crippen LogP contribution in [0.3, 0.4) is 0 Å². The molecule has 84 valence electrons. The lowest BCUT2D eigenvalue weighted by Crippen LogP contribution is -2.00. The standard InChI is InChI=1S/C10H6Br3NO2/c1-4(15)16-7-3-14-10-8(7)5(11)2-6(12)9(10)13/h2-3,14H,1H3. The zero-order valence-electron chi connectivity index (χ0n) is 8.11. The van der Waals surface area contributed by atoms with Crippen LogP contribution in [0, 0.1) is 0 Å². The first kappa shape index (κ1) is 12.1. The molecule has 1 heterocycles. The molecule has 3 nitrogen and oxygen atoms in total. The monoisotopic (exact) mass is 409 g/mol. The minimum atomic E-state index is -0.341. The average molecular weight is 412 g/mol. The van der Waals surface area contributed by atoms with Gasteiger partial charge in [-0.3, -0.25) is 4.79 Å². The molecule has 0 amide bonds. The summed E-state index contributed by atoms with van der Waals surface area (Å²) in [5.74, 6) is 0.175. The van der Waals surface area contributed by atoms with Gasteiger partial charge in [0.05, 0.1) is 15.4 Å². The number of aromatic amines is 1. The average Bonchev–Trinajstić information content (AvgIpc) is 2.58. The lowest BCUT2D eigenvalue weighted by Gasteiger charge is -2.03. The maximum absolute atomic E-state index is 10.9. The summed E-state index contributed by atoms with van der Waals surface area (Å²) in [6.45, 7) is 1.38. The van der Waals surface area contributed by atoms with E-state index in [-0.39, 0.29) is 5.97 Å². The van der Waals surface area contributed by atoms with Gasteiger partial charge in [0.25, 0.3) is 0 Å². The molecular formula is C10H6Br3NO2. The van der Waals surface area contributed by atoms with Crippen molar-refractivity contribution < 1.29 is 9.53 Å². The summed E-state index contributed by atoms with van der Waals surface area (Å²) in [5.41, 5.74) is 0.873. The fourth-order valence-electron chi connectivity index (χ4n) is 1.42. The third kappa shape index (κ3) is 2.06. The quantitative estimate of drug-likeness (QED) is 0.559. The van der Waals surface area contributed by atoms with Crippen LogP contribution in [0.25, 0.3) is 10.9 Å². The van der Waals surface area contributed by atoms with Crippen molar-refractivity contribution in [1.82, 2.24) is 4.98 Å². The van der Waals surface area contributed by atoms with Crippen molar-refractivity contribution in [3.05, 3.63) is 25.7 Å². The molecular weight excluding hydrogens is 406 g/mol. The Bertz CT molecular complexity index is 577. The maximum atomic E-state index is 10.9. The number of rotatable bonds is 1. The zero-order valence-corrected chi connectivity index (χ0v) is 12.9. The van der Waals surface area contributed by atoms with Gasteiger partial charge >= 0.3 is 5.97 Å². The van der Waals surface area contributed by atoms with Crippen LogP contribution in [-0.2, 0) is 4.79 Å². The molecule has 0 aliphatic heterocycles. The summed E-state index contributed by atoms with van der Waals surface area (Å²) in [4.78, 5) is 14.0. The largest absolute Gasteiger partial charge is 0.424 e. The molecule has 1 N–H and O–H groups in total. The number of hydrogen-bond acceptors (Lipinski definition) is 2. The number of halogens is 3. The Morgan fingerprint density at radius 2 is 2.00 bits per heavy atom. The van der Waals surface area contributed by atoms with Crippen LogP contribution >= 0.6 is 47.8 Å². The van der Waals surface area contributed by atoms with Crippen molar-refractivity contribution in [3.8, 4) is 5.75 Å². The Morgan fingerprint density at radius 1 is 1.31 bits per heavy atom. The normalized spacial score (nSPS) is 10.8. The number of carbonyl (C=O) groups is 1. The highest BCUT2D eigenvalue weighted by Crippen LogP contribution is 2.40. The van der Waals surface area contributed by atoms with Gasteiger partial charge in [0.15, 0.2) is 5.75 Å². The predicted octanol–water partition coefficient (Wildman–Crippen LogP) is 4.38. The lowest BCUT2D eigenvalue weighted by atomic mass is 10.2. The van der Waals surface area contributed by atoms with Crippen molar-refractivity contribution in [2.45, 2.75) is 6.92 Å². The van der Waals surface area contributed by atoms with E-state index in [0.29, 0.717) is 5.75 Å². The van der Waals surface area contributed by atoms with Crippen molar-refractivity contribution in [1.29, 1.82) is 0 Å². The molecule has 0 saturated carbocycles. The lowest BCUT2D eigenvalue weighted by molar-refractivity contribution is -0.131. The highest BCUT2D eigenvalue weighted by molar-refractivity contribution is 9.13. The molecule has 0 saturated heterocycles. The first-order valence-corrected chi connectivity index (χ1v) is 6.71. The number of benzene rings is 1. The van der Waals surface area contributed by atoms with E-state index in [4.69, 9.17) is 4.74 Å². The molecule has 0 unspecified atom stereocenters. The van der Waals surface area contributed by atoms with E-state index in [9.17, 15) is 4.79 Å². The van der Waals surface area contributed by atoms with Crippen LogP contribution in [-0.4, -0.2) is 11.0 Å². The summed E-state index contributed by atoms with van der Waals surface area (Å²) < 4.78 is 7.78. The van der Waals surface area contributed by atoms with Gasteiger partial charge in [-0.25, -0.2) is 0 Å². The van der Waals surface area contributed by atoms with Crippen LogP contribution < -0.4 is 4.74 Å². The molecule has 1 aromatic carbocycles. The molecule has 0 bridgehead atoms. The molecule has 6 heteroatoms. The number of carbonyl (C=O) groups excluding carboxylic acids is 1. The summed E-state index contributed by atoms with van der Waals surface area (Å²) in [6.07, 6.45) is 1.66. The Hall–Kier alpha value is -0.330. The topological polar surface area (TPSA) is 42.1 Å². The molecule has 0 aliphatic rings. The number of ether oxygens (including phenoxy) is 1. The van der Waals surface area contributed by atoms with Crippen molar-refractivity contribution in [2.75, 3.05) is 0 Å². The van der Waals surface area contributed by atoms with Crippen molar-refractivity contribution >= 4 is 64.7 Å². The third-order valence-corrected chi connectivity index (χ3v) is 4.63. The molecule has 2 aromatic rings. The van der Waals surface area contributed by atoms with Crippen LogP contribution in [0.2, 0.25) is 0 Å². The maximum Gasteiger partial charge on any atom is 0.308 e. The zero-order chi connectivity index (χ0) is 11.9. The predicted molar refractivity (Wildman–Crippen MR) is 72.7 cm³/mol. The minimum absolute atomic E-state index is 0.341. The fraction of sp³-hybridized carbons (Fsp3) is 0.100. The van der Waals surface area contributed by atoms with Gasteiger partial charge in [-0.15, -0.1) is 0 Å². The number of nitrogens with one attached hydrogen (secondary N) is 1. The van der Waals surface area contributed by atoms with Gasteiger partial charge in [0.2, 0.25) is 0 Å². The van der Waals surface area contributed by atoms with E-state index in [1.54, 1.807) is 6.20 Å². The molecule has 0 aliphatic carbocycles. The van der Waals surface area contributed by atoms with Gasteiger partial charge in [0.1, 0.15) is 0 Å². The third-order valence-electron chi connectivity index (χ3n) is 2.02. The molecule has 0 atom stereocenters. The fourth-order valence-corrected chi connectivity index (χ4v) is 3.20. The van der Waals surface area contributed by atoms with E-state index in [1.807, 2.05) is 6.07 Å². The smallest absolute Gasteiger partial charge is 0.308 e. The summed E-state index contributed by atoms with van der Waals surface area (Å²) in [6, 6.07) is 1.90. The van der Waals surface area contributed by atoms with E-state index in [2.05, 4.69) is 52.8 Å². The summed E-state index contributed by atoms with van der Waals surface area (Å²) in [7, 11) is 0. The van der Waals surface area contributed by atoms with Gasteiger partial charge in [-0.1, -0.05) is 0 Å². The molecule has 0 radical (unpaired) electrons. The highest BCUT2D eigenvalue weighted by Gasteiger charge is 2.15. The number of hydrogen-bond donors (Lipinski definition) is 1. The van der Waals surface area contributed by atoms with E-state index >= 15 is 0 Å². The number of esters is 1. The SMILES string of the molecule is CC(=O)Oc1c[nH]c2c(Br)c(Br)cc(Br)c12. The van der Waals surface area contributed by atoms with Crippen molar-refractivity contribution in [3.63, 3.8) is 0 Å². The number of H-pyrrole nitrogens is 1. The minimum Gasteiger partial charge on any atom is -0.424 e. The van der Waals surface area contributed by atoms with E-state index in [0.717, 1.165) is 24.3 Å². The molecule has 0 fully saturated rings. The van der Waals surface area contributed by atoms with Crippen LogP contribution in [0.15, 0.2) is 25.7 Å². The first-order chi connectivity index (χ1) is 7.50. The van der Waals surface area contributed by atoms with E-state index in [1.165, 1.54) is 6.92 Å². The van der Waals surface area contributed by atoms with Gasteiger partial charge in [-0.2, -0.15) is 0 Å². The molecule has 0 spiro atoms. The van der Waals surface area contributed by atoms with Gasteiger partial charge in [-0.05, 0) is 53.9 Å². The number of fused-ring (bicyclic) bond motifs is 1. The second-order valence-electron chi connectivity index (χ2n) is 3.15. The van der Waals surface area contributed by atoms with Gasteiger partial charge in [0, 0.05) is 22.1 Å². The Labute approximate surface area is 117 Å². The first-order valence-electron chi connectivity index (χ1n) is 4.33. The highest BCUT2D eigenvalue weighted by atomic mass is 79.9. The Balaban J connectivity index is 2.72. The Morgan fingerprint density at radius 3 is 2.62 bits per heavy atom. The van der Waals surface area contributed by atoms with Crippen molar-refractivity contribution in [2.24, 2.45) is 0 Å². The summed E-state index contributed by atoms with van der Waals surface area (Å²) >= 11 is 10.3. The van der Waals surface area contributed by atoms with Crippen LogP contribution in [0.1, 0.15) is 6.92 Å². The van der Waals surface area contributed by atoms with E-state index < -0.39 is 0 Å². The summed E-state index contributed by atoms with van der Waals surface area (Å²) in [5, 5.41) is 0.838. The van der Waals surface area contributed by atoms with Gasteiger partial charge < -0.3 is 9.72 Å². The van der Waals surface area contributed by atoms with Crippen LogP contribution in [0.4, 0.5) is 0 Å².